The number of likely N-dealkylation sites (N-methyl/N-ethyl adjacent to an activating group) is 1. The molecule has 1 aromatic rings. The molecule has 0 heterocycles. The first-order chi connectivity index (χ1) is 10.4. The monoisotopic (exact) mass is 432 g/mol. The zero-order chi connectivity index (χ0) is 16.5. The molecule has 0 radical (unpaired) electrons. The predicted octanol–water partition coefficient (Wildman–Crippen LogP) is 3.42. The minimum Gasteiger partial charge on any atom is -0.370 e. The molecule has 5 heteroatoms. The van der Waals surface area contributed by atoms with Crippen molar-refractivity contribution in [1.29, 1.82) is 0 Å². The molecule has 0 saturated heterocycles. The molecule has 1 rings (SSSR count). The lowest BCUT2D eigenvalue weighted by atomic mass is 10.0. The average molecular weight is 432 g/mol. The Labute approximate surface area is 158 Å². The number of rotatable bonds is 8. The van der Waals surface area contributed by atoms with Crippen molar-refractivity contribution in [2.45, 2.75) is 39.7 Å². The van der Waals surface area contributed by atoms with Gasteiger partial charge in [-0.05, 0) is 44.0 Å². The van der Waals surface area contributed by atoms with Crippen LogP contribution in [0.15, 0.2) is 29.3 Å². The molecule has 4 nitrogen and oxygen atoms in total. The second kappa shape index (κ2) is 11.7. The average Bonchev–Trinajstić information content (AvgIpc) is 2.47. The van der Waals surface area contributed by atoms with E-state index >= 15 is 0 Å². The molecule has 1 atom stereocenters. The van der Waals surface area contributed by atoms with Crippen LogP contribution < -0.4 is 11.1 Å². The Bertz CT molecular complexity index is 455. The van der Waals surface area contributed by atoms with Crippen molar-refractivity contribution in [2.24, 2.45) is 16.6 Å². The molecule has 132 valence electrons. The van der Waals surface area contributed by atoms with Crippen molar-refractivity contribution < 1.29 is 0 Å². The molecule has 0 aliphatic rings. The van der Waals surface area contributed by atoms with Crippen molar-refractivity contribution in [3.05, 3.63) is 35.4 Å². The number of hydrogen-bond donors (Lipinski definition) is 2. The Kier molecular flexibility index (Phi) is 11.3. The molecule has 0 spiro atoms. The fraction of sp³-hybridized carbons (Fsp3) is 0.611. The van der Waals surface area contributed by atoms with E-state index in [2.05, 4.69) is 74.3 Å². The summed E-state index contributed by atoms with van der Waals surface area (Å²) in [6, 6.07) is 9.03. The SMILES string of the molecule is CCc1ccc(C(CN=C(N)NCCC(C)C)N(C)C)cc1.I. The van der Waals surface area contributed by atoms with Gasteiger partial charge in [-0.15, -0.1) is 24.0 Å². The topological polar surface area (TPSA) is 53.6 Å². The zero-order valence-corrected chi connectivity index (χ0v) is 17.5. The summed E-state index contributed by atoms with van der Waals surface area (Å²) in [5, 5.41) is 3.19. The van der Waals surface area contributed by atoms with E-state index in [9.17, 15) is 0 Å². The first kappa shape index (κ1) is 22.2. The van der Waals surface area contributed by atoms with E-state index in [1.165, 1.54) is 11.1 Å². The Morgan fingerprint density at radius 1 is 1.22 bits per heavy atom. The second-order valence-corrected chi connectivity index (χ2v) is 6.41. The molecule has 0 aliphatic heterocycles. The molecule has 0 aliphatic carbocycles. The van der Waals surface area contributed by atoms with Crippen LogP contribution in [-0.4, -0.2) is 38.0 Å². The number of nitrogens with zero attached hydrogens (tertiary/aromatic N) is 2. The first-order valence-corrected chi connectivity index (χ1v) is 8.23. The predicted molar refractivity (Wildman–Crippen MR) is 112 cm³/mol. The number of nitrogens with one attached hydrogen (secondary N) is 1. The lowest BCUT2D eigenvalue weighted by Gasteiger charge is -2.23. The maximum absolute atomic E-state index is 5.95. The maximum atomic E-state index is 5.95. The largest absolute Gasteiger partial charge is 0.370 e. The van der Waals surface area contributed by atoms with Crippen molar-refractivity contribution in [2.75, 3.05) is 27.2 Å². The summed E-state index contributed by atoms with van der Waals surface area (Å²) in [5.74, 6) is 1.21. The number of guanidine groups is 1. The van der Waals surface area contributed by atoms with E-state index in [1.54, 1.807) is 0 Å². The van der Waals surface area contributed by atoms with Gasteiger partial charge < -0.3 is 16.0 Å². The second-order valence-electron chi connectivity index (χ2n) is 6.41. The third-order valence-electron chi connectivity index (χ3n) is 3.86. The quantitative estimate of drug-likeness (QED) is 0.376. The van der Waals surface area contributed by atoms with Gasteiger partial charge in [0.15, 0.2) is 5.96 Å². The summed E-state index contributed by atoms with van der Waals surface area (Å²) in [6.07, 6.45) is 2.17. The maximum Gasteiger partial charge on any atom is 0.188 e. The van der Waals surface area contributed by atoms with Crippen LogP contribution in [0.2, 0.25) is 0 Å². The van der Waals surface area contributed by atoms with Crippen LogP contribution in [0.5, 0.6) is 0 Å². The van der Waals surface area contributed by atoms with E-state index in [0.717, 1.165) is 19.4 Å². The number of hydrogen-bond acceptors (Lipinski definition) is 2. The van der Waals surface area contributed by atoms with Crippen LogP contribution in [0, 0.1) is 5.92 Å². The number of nitrogens with two attached hydrogens (primary N) is 1. The number of halogens is 1. The molecule has 23 heavy (non-hydrogen) atoms. The Morgan fingerprint density at radius 3 is 2.30 bits per heavy atom. The van der Waals surface area contributed by atoms with E-state index in [1.807, 2.05) is 0 Å². The van der Waals surface area contributed by atoms with Gasteiger partial charge in [0.1, 0.15) is 0 Å². The minimum absolute atomic E-state index is 0. The Hall–Kier alpha value is -0.820. The van der Waals surface area contributed by atoms with Crippen LogP contribution >= 0.6 is 24.0 Å². The molecule has 1 aromatic carbocycles. The molecule has 3 N–H and O–H groups in total. The Balaban J connectivity index is 0.00000484. The molecule has 0 amide bonds. The third-order valence-corrected chi connectivity index (χ3v) is 3.86. The smallest absolute Gasteiger partial charge is 0.188 e. The summed E-state index contributed by atoms with van der Waals surface area (Å²) in [4.78, 5) is 6.69. The summed E-state index contributed by atoms with van der Waals surface area (Å²) < 4.78 is 0. The molecule has 0 aromatic heterocycles. The Morgan fingerprint density at radius 2 is 1.83 bits per heavy atom. The van der Waals surface area contributed by atoms with E-state index in [0.29, 0.717) is 18.4 Å². The van der Waals surface area contributed by atoms with Crippen molar-refractivity contribution in [3.8, 4) is 0 Å². The number of aryl methyl sites for hydroxylation is 1. The summed E-state index contributed by atoms with van der Waals surface area (Å²) in [5.41, 5.74) is 8.59. The van der Waals surface area contributed by atoms with Gasteiger partial charge in [0, 0.05) is 6.54 Å². The van der Waals surface area contributed by atoms with Crippen LogP contribution in [0.4, 0.5) is 0 Å². The van der Waals surface area contributed by atoms with Gasteiger partial charge in [-0.3, -0.25) is 4.99 Å². The minimum atomic E-state index is 0. The molecule has 0 fully saturated rings. The zero-order valence-electron chi connectivity index (χ0n) is 15.2. The van der Waals surface area contributed by atoms with Crippen molar-refractivity contribution in [1.82, 2.24) is 10.2 Å². The van der Waals surface area contributed by atoms with E-state index < -0.39 is 0 Å². The molecular formula is C18H33IN4. The fourth-order valence-corrected chi connectivity index (χ4v) is 2.27. The molecule has 0 bridgehead atoms. The molecular weight excluding hydrogens is 399 g/mol. The van der Waals surface area contributed by atoms with Gasteiger partial charge in [-0.25, -0.2) is 0 Å². The van der Waals surface area contributed by atoms with Gasteiger partial charge in [0.2, 0.25) is 0 Å². The highest BCUT2D eigenvalue weighted by Gasteiger charge is 2.13. The van der Waals surface area contributed by atoms with E-state index in [4.69, 9.17) is 5.73 Å². The molecule has 0 saturated carbocycles. The highest BCUT2D eigenvalue weighted by molar-refractivity contribution is 14.0. The molecule has 1 unspecified atom stereocenters. The summed E-state index contributed by atoms with van der Waals surface area (Å²) >= 11 is 0. The highest BCUT2D eigenvalue weighted by Crippen LogP contribution is 2.19. The standard InChI is InChI=1S/C18H32N4.HI/c1-6-15-7-9-16(10-8-15)17(22(4)5)13-21-18(19)20-12-11-14(2)3;/h7-10,14,17H,6,11-13H2,1-5H3,(H3,19,20,21);1H. The van der Waals surface area contributed by atoms with Crippen LogP contribution in [0.1, 0.15) is 44.4 Å². The van der Waals surface area contributed by atoms with Gasteiger partial charge in [0.25, 0.3) is 0 Å². The van der Waals surface area contributed by atoms with Gasteiger partial charge >= 0.3 is 0 Å². The van der Waals surface area contributed by atoms with Crippen LogP contribution in [0.25, 0.3) is 0 Å². The first-order valence-electron chi connectivity index (χ1n) is 8.23. The van der Waals surface area contributed by atoms with Crippen molar-refractivity contribution >= 4 is 29.9 Å². The summed E-state index contributed by atoms with van der Waals surface area (Å²) in [6.45, 7) is 8.13. The highest BCUT2D eigenvalue weighted by atomic mass is 127. The number of aliphatic imine (C=N–C) groups is 1. The normalized spacial score (nSPS) is 13.1. The lowest BCUT2D eigenvalue weighted by molar-refractivity contribution is 0.306. The van der Waals surface area contributed by atoms with Crippen molar-refractivity contribution in [3.63, 3.8) is 0 Å². The van der Waals surface area contributed by atoms with Gasteiger partial charge in [0.05, 0.1) is 12.6 Å². The van der Waals surface area contributed by atoms with Crippen LogP contribution in [0.3, 0.4) is 0 Å². The number of benzene rings is 1. The van der Waals surface area contributed by atoms with Crippen LogP contribution in [-0.2, 0) is 6.42 Å². The van der Waals surface area contributed by atoms with E-state index in [-0.39, 0.29) is 30.0 Å². The summed E-state index contributed by atoms with van der Waals surface area (Å²) in [7, 11) is 4.16. The van der Waals surface area contributed by atoms with Gasteiger partial charge in [-0.2, -0.15) is 0 Å². The lowest BCUT2D eigenvalue weighted by Crippen LogP contribution is -2.34. The van der Waals surface area contributed by atoms with Gasteiger partial charge in [-0.1, -0.05) is 45.0 Å². The third kappa shape index (κ3) is 8.55. The fourth-order valence-electron chi connectivity index (χ4n) is 2.27.